The highest BCUT2D eigenvalue weighted by molar-refractivity contribution is 7.89. The first kappa shape index (κ1) is 18.2. The average Bonchev–Trinajstić information content (AvgIpc) is 2.48. The number of hydrogen-bond donors (Lipinski definition) is 1. The quantitative estimate of drug-likeness (QED) is 0.769. The Balaban J connectivity index is 1.95. The molecule has 1 N–H and O–H groups in total. The van der Waals surface area contributed by atoms with Gasteiger partial charge >= 0.3 is 6.61 Å². The topological polar surface area (TPSA) is 55.4 Å². The molecular weight excluding hydrogens is 350 g/mol. The Morgan fingerprint density at radius 2 is 1.71 bits per heavy atom. The van der Waals surface area contributed by atoms with Crippen molar-refractivity contribution in [3.63, 3.8) is 0 Å². The van der Waals surface area contributed by atoms with E-state index in [4.69, 9.17) is 0 Å². The summed E-state index contributed by atoms with van der Waals surface area (Å²) in [5.41, 5.74) is 0.666. The van der Waals surface area contributed by atoms with Gasteiger partial charge in [-0.1, -0.05) is 12.1 Å². The SMILES string of the molecule is O=S(=O)(NCCc1ccc(OC(F)F)cc1)c1ccc(F)cc1F. The summed E-state index contributed by atoms with van der Waals surface area (Å²) in [5, 5.41) is 0. The third kappa shape index (κ3) is 4.93. The van der Waals surface area contributed by atoms with Crippen molar-refractivity contribution in [1.29, 1.82) is 0 Å². The van der Waals surface area contributed by atoms with Gasteiger partial charge in [0.05, 0.1) is 0 Å². The molecule has 0 amide bonds. The van der Waals surface area contributed by atoms with E-state index in [0.717, 1.165) is 12.1 Å². The van der Waals surface area contributed by atoms with Gasteiger partial charge in [0.2, 0.25) is 10.0 Å². The van der Waals surface area contributed by atoms with Gasteiger partial charge in [-0.3, -0.25) is 0 Å². The second-order valence-electron chi connectivity index (χ2n) is 4.74. The lowest BCUT2D eigenvalue weighted by molar-refractivity contribution is -0.0498. The van der Waals surface area contributed by atoms with Crippen molar-refractivity contribution in [3.05, 3.63) is 59.7 Å². The minimum Gasteiger partial charge on any atom is -0.435 e. The molecule has 0 radical (unpaired) electrons. The van der Waals surface area contributed by atoms with E-state index in [9.17, 15) is 26.0 Å². The van der Waals surface area contributed by atoms with E-state index < -0.39 is 33.2 Å². The fourth-order valence-electron chi connectivity index (χ4n) is 1.94. The molecule has 0 saturated carbocycles. The highest BCUT2D eigenvalue weighted by Gasteiger charge is 2.18. The number of benzene rings is 2. The largest absolute Gasteiger partial charge is 0.435 e. The Morgan fingerprint density at radius 3 is 2.29 bits per heavy atom. The van der Waals surface area contributed by atoms with Gasteiger partial charge in [-0.25, -0.2) is 21.9 Å². The zero-order chi connectivity index (χ0) is 17.7. The Hall–Kier alpha value is -2.13. The number of hydrogen-bond acceptors (Lipinski definition) is 3. The highest BCUT2D eigenvalue weighted by Crippen LogP contribution is 2.17. The Bertz CT molecular complexity index is 795. The summed E-state index contributed by atoms with van der Waals surface area (Å²) < 4.78 is 80.6. The molecule has 0 aliphatic rings. The molecule has 0 heterocycles. The van der Waals surface area contributed by atoms with Gasteiger partial charge in [-0.15, -0.1) is 0 Å². The molecule has 0 fully saturated rings. The molecular formula is C15H13F4NO3S. The van der Waals surface area contributed by atoms with E-state index in [1.165, 1.54) is 24.3 Å². The molecule has 2 aromatic rings. The number of nitrogens with one attached hydrogen (secondary N) is 1. The maximum absolute atomic E-state index is 13.5. The fourth-order valence-corrected chi connectivity index (χ4v) is 3.03. The van der Waals surface area contributed by atoms with Gasteiger partial charge in [-0.2, -0.15) is 8.78 Å². The maximum atomic E-state index is 13.5. The molecule has 0 atom stereocenters. The average molecular weight is 363 g/mol. The van der Waals surface area contributed by atoms with Crippen molar-refractivity contribution in [3.8, 4) is 5.75 Å². The van der Waals surface area contributed by atoms with Crippen LogP contribution >= 0.6 is 0 Å². The van der Waals surface area contributed by atoms with Crippen LogP contribution in [0.4, 0.5) is 17.6 Å². The van der Waals surface area contributed by atoms with Gasteiger partial charge in [0.25, 0.3) is 0 Å². The molecule has 0 aromatic heterocycles. The summed E-state index contributed by atoms with van der Waals surface area (Å²) in [5.74, 6) is -2.07. The number of ether oxygens (including phenoxy) is 1. The van der Waals surface area contributed by atoms with E-state index in [2.05, 4.69) is 9.46 Å². The van der Waals surface area contributed by atoms with E-state index in [0.29, 0.717) is 11.6 Å². The van der Waals surface area contributed by atoms with Crippen LogP contribution in [-0.2, 0) is 16.4 Å². The van der Waals surface area contributed by atoms with Gasteiger partial charge in [-0.05, 0) is 36.2 Å². The minimum absolute atomic E-state index is 0.0114. The van der Waals surface area contributed by atoms with E-state index in [1.807, 2.05) is 0 Å². The van der Waals surface area contributed by atoms with Crippen molar-refractivity contribution < 1.29 is 30.7 Å². The van der Waals surface area contributed by atoms with Crippen molar-refractivity contribution >= 4 is 10.0 Å². The smallest absolute Gasteiger partial charge is 0.387 e. The van der Waals surface area contributed by atoms with Crippen LogP contribution < -0.4 is 9.46 Å². The van der Waals surface area contributed by atoms with Crippen molar-refractivity contribution in [2.24, 2.45) is 0 Å². The molecule has 0 bridgehead atoms. The first-order valence-corrected chi connectivity index (χ1v) is 8.25. The van der Waals surface area contributed by atoms with Gasteiger partial charge in [0.1, 0.15) is 22.3 Å². The summed E-state index contributed by atoms with van der Waals surface area (Å²) in [6.45, 7) is -2.97. The third-order valence-electron chi connectivity index (χ3n) is 3.04. The van der Waals surface area contributed by atoms with Crippen LogP contribution in [0.2, 0.25) is 0 Å². The normalized spacial score (nSPS) is 11.7. The van der Waals surface area contributed by atoms with Crippen LogP contribution in [0.5, 0.6) is 5.75 Å². The lowest BCUT2D eigenvalue weighted by Gasteiger charge is -2.09. The minimum atomic E-state index is -4.12. The van der Waals surface area contributed by atoms with E-state index in [1.54, 1.807) is 0 Å². The second-order valence-corrected chi connectivity index (χ2v) is 6.48. The van der Waals surface area contributed by atoms with E-state index in [-0.39, 0.29) is 18.7 Å². The summed E-state index contributed by atoms with van der Waals surface area (Å²) in [6, 6.07) is 7.83. The molecule has 24 heavy (non-hydrogen) atoms. The van der Waals surface area contributed by atoms with Crippen molar-refractivity contribution in [2.75, 3.05) is 6.54 Å². The van der Waals surface area contributed by atoms with Gasteiger partial charge in [0, 0.05) is 12.6 Å². The summed E-state index contributed by atoms with van der Waals surface area (Å²) in [4.78, 5) is -0.649. The first-order valence-electron chi connectivity index (χ1n) is 6.76. The van der Waals surface area contributed by atoms with Crippen molar-refractivity contribution in [2.45, 2.75) is 17.9 Å². The molecule has 9 heteroatoms. The number of rotatable bonds is 7. The Labute approximate surface area is 136 Å². The lowest BCUT2D eigenvalue weighted by atomic mass is 10.1. The second kappa shape index (κ2) is 7.63. The van der Waals surface area contributed by atoms with Gasteiger partial charge < -0.3 is 4.74 Å². The predicted molar refractivity (Wildman–Crippen MR) is 78.3 cm³/mol. The van der Waals surface area contributed by atoms with Gasteiger partial charge in [0.15, 0.2) is 0 Å². The molecule has 0 aliphatic carbocycles. The zero-order valence-corrected chi connectivity index (χ0v) is 13.0. The molecule has 0 saturated heterocycles. The third-order valence-corrected chi connectivity index (χ3v) is 4.53. The molecule has 0 aliphatic heterocycles. The number of alkyl halides is 2. The van der Waals surface area contributed by atoms with Crippen LogP contribution in [-0.4, -0.2) is 21.6 Å². The lowest BCUT2D eigenvalue weighted by Crippen LogP contribution is -2.26. The van der Waals surface area contributed by atoms with Crippen LogP contribution in [0.1, 0.15) is 5.56 Å². The molecule has 2 rings (SSSR count). The number of halogens is 4. The molecule has 4 nitrogen and oxygen atoms in total. The molecule has 0 spiro atoms. The van der Waals surface area contributed by atoms with Crippen molar-refractivity contribution in [1.82, 2.24) is 4.72 Å². The van der Waals surface area contributed by atoms with Crippen LogP contribution in [0.15, 0.2) is 47.4 Å². The Morgan fingerprint density at radius 1 is 1.04 bits per heavy atom. The summed E-state index contributed by atoms with van der Waals surface area (Å²) >= 11 is 0. The molecule has 0 unspecified atom stereocenters. The highest BCUT2D eigenvalue weighted by atomic mass is 32.2. The molecule has 130 valence electrons. The first-order chi connectivity index (χ1) is 11.3. The van der Waals surface area contributed by atoms with Crippen LogP contribution in [0, 0.1) is 11.6 Å². The fraction of sp³-hybridized carbons (Fsp3) is 0.200. The van der Waals surface area contributed by atoms with Crippen LogP contribution in [0.3, 0.4) is 0 Å². The number of sulfonamides is 1. The standard InChI is InChI=1S/C15H13F4NO3S/c16-11-3-6-14(13(17)9-11)24(21,22)20-8-7-10-1-4-12(5-2-10)23-15(18)19/h1-6,9,15,20H,7-8H2. The monoisotopic (exact) mass is 363 g/mol. The predicted octanol–water partition coefficient (Wildman–Crippen LogP) is 3.09. The summed E-state index contributed by atoms with van der Waals surface area (Å²) in [6.07, 6.45) is 0.247. The maximum Gasteiger partial charge on any atom is 0.387 e. The molecule has 2 aromatic carbocycles. The van der Waals surface area contributed by atoms with Crippen LogP contribution in [0.25, 0.3) is 0 Å². The zero-order valence-electron chi connectivity index (χ0n) is 12.2. The Kier molecular flexibility index (Phi) is 5.79. The summed E-state index contributed by atoms with van der Waals surface area (Å²) in [7, 11) is -4.12. The van der Waals surface area contributed by atoms with E-state index >= 15 is 0 Å².